The Balaban J connectivity index is 1.46. The van der Waals surface area contributed by atoms with Gasteiger partial charge in [0.15, 0.2) is 5.82 Å². The highest BCUT2D eigenvalue weighted by Crippen LogP contribution is 2.26. The van der Waals surface area contributed by atoms with Crippen molar-refractivity contribution in [2.75, 3.05) is 11.9 Å². The quantitative estimate of drug-likeness (QED) is 0.447. The molecule has 130 valence electrons. The molecule has 0 bridgehead atoms. The number of benzene rings is 1. The highest BCUT2D eigenvalue weighted by atomic mass is 16.5. The summed E-state index contributed by atoms with van der Waals surface area (Å²) in [5.74, 6) is 0.420. The molecule has 5 rings (SSSR count). The minimum atomic E-state index is -0.390. The van der Waals surface area contributed by atoms with E-state index in [0.29, 0.717) is 28.1 Å². The zero-order valence-corrected chi connectivity index (χ0v) is 13.7. The van der Waals surface area contributed by atoms with Gasteiger partial charge in [-0.2, -0.15) is 5.10 Å². The Morgan fingerprint density at radius 1 is 1.27 bits per heavy atom. The summed E-state index contributed by atoms with van der Waals surface area (Å²) in [6.45, 7) is 1.66. The van der Waals surface area contributed by atoms with E-state index in [1.807, 2.05) is 12.1 Å². The monoisotopic (exact) mass is 349 g/mol. The Hall–Kier alpha value is -3.46. The molecule has 0 radical (unpaired) electrons. The van der Waals surface area contributed by atoms with Crippen LogP contribution in [0.3, 0.4) is 0 Å². The van der Waals surface area contributed by atoms with Gasteiger partial charge in [0.2, 0.25) is 5.76 Å². The van der Waals surface area contributed by atoms with Crippen LogP contribution in [0.4, 0.5) is 5.69 Å². The van der Waals surface area contributed by atoms with E-state index < -0.39 is 0 Å². The number of carbonyl (C=O) groups excluding carboxylic acids is 1. The molecule has 0 unspecified atom stereocenters. The van der Waals surface area contributed by atoms with Crippen LogP contribution in [0, 0.1) is 0 Å². The average Bonchev–Trinajstić information content (AvgIpc) is 3.38. The first-order valence-electron chi connectivity index (χ1n) is 8.27. The summed E-state index contributed by atoms with van der Waals surface area (Å²) >= 11 is 0. The first-order chi connectivity index (χ1) is 12.8. The summed E-state index contributed by atoms with van der Waals surface area (Å²) in [6.07, 6.45) is 2.41. The molecule has 3 aromatic heterocycles. The van der Waals surface area contributed by atoms with E-state index in [1.54, 1.807) is 18.3 Å². The lowest BCUT2D eigenvalue weighted by Gasteiger charge is -2.09. The highest BCUT2D eigenvalue weighted by Gasteiger charge is 2.21. The minimum Gasteiger partial charge on any atom is -0.350 e. The van der Waals surface area contributed by atoms with Crippen LogP contribution >= 0.6 is 0 Å². The van der Waals surface area contributed by atoms with Gasteiger partial charge in [0, 0.05) is 19.5 Å². The number of imidazole rings is 1. The van der Waals surface area contributed by atoms with E-state index >= 15 is 0 Å². The zero-order valence-electron chi connectivity index (χ0n) is 13.7. The summed E-state index contributed by atoms with van der Waals surface area (Å²) in [5.41, 5.74) is 3.87. The first kappa shape index (κ1) is 14.8. The molecule has 1 amide bonds. The molecule has 0 spiro atoms. The van der Waals surface area contributed by atoms with Crippen LogP contribution in [0.15, 0.2) is 35.0 Å². The Morgan fingerprint density at radius 3 is 3.12 bits per heavy atom. The molecule has 26 heavy (non-hydrogen) atoms. The molecule has 0 aliphatic carbocycles. The Labute approximate surface area is 147 Å². The number of hydrogen-bond donors (Lipinski definition) is 4. The van der Waals surface area contributed by atoms with Crippen molar-refractivity contribution in [3.8, 4) is 11.5 Å². The third-order valence-corrected chi connectivity index (χ3v) is 4.42. The van der Waals surface area contributed by atoms with Gasteiger partial charge >= 0.3 is 0 Å². The lowest BCUT2D eigenvalue weighted by Crippen LogP contribution is -2.23. The van der Waals surface area contributed by atoms with Crippen LogP contribution in [0.25, 0.3) is 22.4 Å². The van der Waals surface area contributed by atoms with Gasteiger partial charge in [-0.1, -0.05) is 17.3 Å². The van der Waals surface area contributed by atoms with E-state index in [4.69, 9.17) is 4.52 Å². The Kier molecular flexibility index (Phi) is 3.32. The normalized spacial score (nSPS) is 13.7. The number of carbonyl (C=O) groups is 1. The van der Waals surface area contributed by atoms with Gasteiger partial charge in [0.1, 0.15) is 11.2 Å². The van der Waals surface area contributed by atoms with E-state index in [1.165, 1.54) is 0 Å². The first-order valence-corrected chi connectivity index (χ1v) is 8.27. The second-order valence-corrected chi connectivity index (χ2v) is 6.08. The second kappa shape index (κ2) is 5.81. The van der Waals surface area contributed by atoms with Gasteiger partial charge in [-0.15, -0.1) is 0 Å². The number of anilines is 1. The van der Waals surface area contributed by atoms with Crippen LogP contribution in [0.5, 0.6) is 0 Å². The lowest BCUT2D eigenvalue weighted by atomic mass is 10.2. The van der Waals surface area contributed by atoms with Crippen molar-refractivity contribution in [2.45, 2.75) is 13.0 Å². The third kappa shape index (κ3) is 2.37. The van der Waals surface area contributed by atoms with Crippen molar-refractivity contribution in [1.82, 2.24) is 30.6 Å². The molecule has 1 aliphatic rings. The van der Waals surface area contributed by atoms with Crippen molar-refractivity contribution < 1.29 is 9.32 Å². The largest absolute Gasteiger partial charge is 0.350 e. The maximum absolute atomic E-state index is 12.6. The predicted molar refractivity (Wildman–Crippen MR) is 93.5 cm³/mol. The van der Waals surface area contributed by atoms with E-state index in [9.17, 15) is 4.79 Å². The lowest BCUT2D eigenvalue weighted by molar-refractivity contribution is 0.0990. The number of H-pyrrole nitrogens is 2. The molecule has 4 heterocycles. The second-order valence-electron chi connectivity index (χ2n) is 6.08. The van der Waals surface area contributed by atoms with E-state index in [0.717, 1.165) is 30.9 Å². The average molecular weight is 349 g/mol. The minimum absolute atomic E-state index is 0.163. The number of hydrogen-bond acceptors (Lipinski definition) is 6. The molecular weight excluding hydrogens is 334 g/mol. The van der Waals surface area contributed by atoms with Crippen molar-refractivity contribution in [3.63, 3.8) is 0 Å². The van der Waals surface area contributed by atoms with Gasteiger partial charge in [0.05, 0.1) is 28.7 Å². The molecule has 9 nitrogen and oxygen atoms in total. The molecule has 0 fully saturated rings. The van der Waals surface area contributed by atoms with Crippen molar-refractivity contribution in [2.24, 2.45) is 0 Å². The topological polar surface area (TPSA) is 125 Å². The summed E-state index contributed by atoms with van der Waals surface area (Å²) in [4.78, 5) is 20.5. The van der Waals surface area contributed by atoms with E-state index in [2.05, 4.69) is 36.0 Å². The third-order valence-electron chi connectivity index (χ3n) is 4.42. The van der Waals surface area contributed by atoms with Crippen molar-refractivity contribution in [3.05, 3.63) is 47.6 Å². The molecule has 4 aromatic rings. The molecule has 4 N–H and O–H groups in total. The van der Waals surface area contributed by atoms with Crippen LogP contribution in [0.2, 0.25) is 0 Å². The number of nitrogens with zero attached hydrogens (tertiary/aromatic N) is 3. The predicted octanol–water partition coefficient (Wildman–Crippen LogP) is 1.84. The standard InChI is InChI=1S/C17H15N7O2/c25-17(15-9-3-1-2-4-10(9)24-26-15)22-13-8-19-23-14(13)16-20-11-5-6-18-7-12(11)21-16/h1-4,8,18H,5-7H2,(H,19,23)(H,20,21)(H,22,25). The van der Waals surface area contributed by atoms with Gasteiger partial charge < -0.3 is 20.1 Å². The van der Waals surface area contributed by atoms with Crippen LogP contribution < -0.4 is 10.6 Å². The summed E-state index contributed by atoms with van der Waals surface area (Å²) in [7, 11) is 0. The molecular formula is C17H15N7O2. The van der Waals surface area contributed by atoms with E-state index in [-0.39, 0.29) is 11.7 Å². The fourth-order valence-electron chi connectivity index (χ4n) is 3.13. The number of amides is 1. The number of aromatic amines is 2. The highest BCUT2D eigenvalue weighted by molar-refractivity contribution is 6.11. The molecule has 0 saturated carbocycles. The SMILES string of the molecule is O=C(Nc1cn[nH]c1-c1nc2c([nH]1)CNCC2)c1onc2ccccc12. The summed E-state index contributed by atoms with van der Waals surface area (Å²) in [5, 5.41) is 17.6. The molecule has 0 saturated heterocycles. The summed E-state index contributed by atoms with van der Waals surface area (Å²) < 4.78 is 5.21. The number of rotatable bonds is 3. The number of aromatic nitrogens is 5. The van der Waals surface area contributed by atoms with Crippen molar-refractivity contribution in [1.29, 1.82) is 0 Å². The van der Waals surface area contributed by atoms with Crippen molar-refractivity contribution >= 4 is 22.5 Å². The van der Waals surface area contributed by atoms with Gasteiger partial charge in [-0.3, -0.25) is 9.89 Å². The molecule has 9 heteroatoms. The zero-order chi connectivity index (χ0) is 17.5. The van der Waals surface area contributed by atoms with Gasteiger partial charge in [-0.25, -0.2) is 4.98 Å². The summed E-state index contributed by atoms with van der Waals surface area (Å²) in [6, 6.07) is 7.26. The fourth-order valence-corrected chi connectivity index (χ4v) is 3.13. The Morgan fingerprint density at radius 2 is 2.19 bits per heavy atom. The Bertz CT molecular complexity index is 1080. The fraction of sp³-hybridized carbons (Fsp3) is 0.176. The molecule has 0 atom stereocenters. The van der Waals surface area contributed by atoms with Crippen LogP contribution in [-0.2, 0) is 13.0 Å². The van der Waals surface area contributed by atoms with Crippen LogP contribution in [0.1, 0.15) is 21.9 Å². The molecule has 1 aliphatic heterocycles. The van der Waals surface area contributed by atoms with Crippen LogP contribution in [-0.4, -0.2) is 37.8 Å². The number of nitrogens with one attached hydrogen (secondary N) is 4. The smallest absolute Gasteiger partial charge is 0.295 e. The van der Waals surface area contributed by atoms with Gasteiger partial charge in [0.25, 0.3) is 5.91 Å². The molecule has 1 aromatic carbocycles. The maximum Gasteiger partial charge on any atom is 0.295 e. The van der Waals surface area contributed by atoms with Gasteiger partial charge in [-0.05, 0) is 12.1 Å². The maximum atomic E-state index is 12.6. The number of fused-ring (bicyclic) bond motifs is 2.